The van der Waals surface area contributed by atoms with E-state index in [0.717, 1.165) is 31.5 Å². The summed E-state index contributed by atoms with van der Waals surface area (Å²) in [7, 11) is 0. The maximum Gasteiger partial charge on any atom is 0.172 e. The topological polar surface area (TPSA) is 68.0 Å². The largest absolute Gasteiger partial charge is 0.383 e. The van der Waals surface area contributed by atoms with Crippen molar-refractivity contribution in [2.45, 2.75) is 26.7 Å². The quantitative estimate of drug-likeness (QED) is 0.760. The van der Waals surface area contributed by atoms with Crippen LogP contribution in [0.3, 0.4) is 0 Å². The molecule has 17 heavy (non-hydrogen) atoms. The molecule has 0 atom stereocenters. The Hall–Kier alpha value is -1.42. The lowest BCUT2D eigenvalue weighted by atomic mass is 9.74. The number of aryl methyl sites for hydroxylation is 1. The third-order valence-corrected chi connectivity index (χ3v) is 3.67. The molecule has 1 aliphatic rings. The molecule has 2 rings (SSSR count). The number of nitrogens with zero attached hydrogens (tertiary/aromatic N) is 1. The molecule has 0 bridgehead atoms. The molecule has 1 saturated heterocycles. The summed E-state index contributed by atoms with van der Waals surface area (Å²) in [5.74, 6) is 0.497. The Kier molecular flexibility index (Phi) is 3.15. The van der Waals surface area contributed by atoms with Gasteiger partial charge in [0, 0.05) is 11.6 Å². The highest BCUT2D eigenvalue weighted by molar-refractivity contribution is 6.04. The van der Waals surface area contributed by atoms with Gasteiger partial charge in [-0.2, -0.15) is 0 Å². The van der Waals surface area contributed by atoms with Gasteiger partial charge in [-0.15, -0.1) is 0 Å². The predicted molar refractivity (Wildman–Crippen MR) is 67.9 cm³/mol. The highest BCUT2D eigenvalue weighted by Gasteiger charge is 2.36. The van der Waals surface area contributed by atoms with Crippen molar-refractivity contribution in [1.29, 1.82) is 0 Å². The highest BCUT2D eigenvalue weighted by Crippen LogP contribution is 2.34. The van der Waals surface area contributed by atoms with Gasteiger partial charge in [-0.1, -0.05) is 6.92 Å². The lowest BCUT2D eigenvalue weighted by molar-refractivity contribution is 0.0762. The number of aromatic nitrogens is 1. The predicted octanol–water partition coefficient (Wildman–Crippen LogP) is 1.54. The van der Waals surface area contributed by atoms with E-state index in [4.69, 9.17) is 5.73 Å². The Morgan fingerprint density at radius 2 is 2.12 bits per heavy atom. The van der Waals surface area contributed by atoms with Crippen LogP contribution in [0.15, 0.2) is 12.3 Å². The Labute approximate surface area is 102 Å². The minimum absolute atomic E-state index is 0.141. The zero-order valence-corrected chi connectivity index (χ0v) is 10.4. The number of nitrogens with one attached hydrogen (secondary N) is 1. The molecule has 1 aliphatic heterocycles. The number of carbonyl (C=O) groups is 1. The normalized spacial score (nSPS) is 18.9. The maximum atomic E-state index is 12.6. The first kappa shape index (κ1) is 12.0. The number of rotatable bonds is 2. The number of anilines is 1. The number of piperidine rings is 1. The van der Waals surface area contributed by atoms with E-state index < -0.39 is 0 Å². The molecule has 0 aliphatic carbocycles. The van der Waals surface area contributed by atoms with Crippen LogP contribution in [0.2, 0.25) is 0 Å². The van der Waals surface area contributed by atoms with Crippen molar-refractivity contribution in [3.05, 3.63) is 23.4 Å². The first-order valence-electron chi connectivity index (χ1n) is 6.01. The van der Waals surface area contributed by atoms with Gasteiger partial charge in [0.15, 0.2) is 5.78 Å². The molecular weight excluding hydrogens is 214 g/mol. The second-order valence-corrected chi connectivity index (χ2v) is 5.03. The highest BCUT2D eigenvalue weighted by atomic mass is 16.1. The lowest BCUT2D eigenvalue weighted by Crippen LogP contribution is -2.40. The molecule has 1 aromatic rings. The van der Waals surface area contributed by atoms with Gasteiger partial charge in [0.05, 0.1) is 5.56 Å². The van der Waals surface area contributed by atoms with Gasteiger partial charge in [0.2, 0.25) is 0 Å². The average Bonchev–Trinajstić information content (AvgIpc) is 2.29. The number of pyridine rings is 1. The van der Waals surface area contributed by atoms with Gasteiger partial charge in [-0.3, -0.25) is 4.79 Å². The van der Waals surface area contributed by atoms with Gasteiger partial charge in [-0.25, -0.2) is 4.98 Å². The van der Waals surface area contributed by atoms with Crippen LogP contribution in [0.1, 0.15) is 35.7 Å². The Balaban J connectivity index is 2.36. The maximum absolute atomic E-state index is 12.6. The van der Waals surface area contributed by atoms with Gasteiger partial charge in [0.25, 0.3) is 0 Å². The fraction of sp³-hybridized carbons (Fsp3) is 0.538. The van der Waals surface area contributed by atoms with Gasteiger partial charge >= 0.3 is 0 Å². The summed E-state index contributed by atoms with van der Waals surface area (Å²) >= 11 is 0. The van der Waals surface area contributed by atoms with E-state index in [9.17, 15) is 4.79 Å². The minimum Gasteiger partial charge on any atom is -0.383 e. The van der Waals surface area contributed by atoms with Crippen LogP contribution in [0, 0.1) is 12.3 Å². The number of carbonyl (C=O) groups excluding carboxylic acids is 1. The van der Waals surface area contributed by atoms with E-state index >= 15 is 0 Å². The zero-order valence-electron chi connectivity index (χ0n) is 10.4. The van der Waals surface area contributed by atoms with E-state index in [1.165, 1.54) is 0 Å². The number of Topliss-reactive ketones (excluding diaryl/α,β-unsaturated/α-hetero) is 1. The Morgan fingerprint density at radius 1 is 1.47 bits per heavy atom. The van der Waals surface area contributed by atoms with Gasteiger partial charge < -0.3 is 11.1 Å². The Bertz CT molecular complexity index is 416. The Morgan fingerprint density at radius 3 is 2.71 bits per heavy atom. The molecule has 1 aromatic heterocycles. The molecule has 0 aromatic carbocycles. The molecule has 0 spiro atoms. The van der Waals surface area contributed by atoms with Crippen LogP contribution in [-0.4, -0.2) is 23.9 Å². The molecule has 2 heterocycles. The van der Waals surface area contributed by atoms with Crippen LogP contribution in [0.4, 0.5) is 5.82 Å². The third kappa shape index (κ3) is 2.17. The van der Waals surface area contributed by atoms with E-state index in [1.807, 2.05) is 19.9 Å². The number of hydrogen-bond acceptors (Lipinski definition) is 4. The van der Waals surface area contributed by atoms with Crippen molar-refractivity contribution in [3.8, 4) is 0 Å². The second kappa shape index (κ2) is 4.45. The van der Waals surface area contributed by atoms with Gasteiger partial charge in [-0.05, 0) is 44.5 Å². The number of nitrogens with two attached hydrogens (primary N) is 1. The van der Waals surface area contributed by atoms with Crippen molar-refractivity contribution in [1.82, 2.24) is 10.3 Å². The van der Waals surface area contributed by atoms with Crippen LogP contribution in [0.25, 0.3) is 0 Å². The molecule has 0 amide bonds. The smallest absolute Gasteiger partial charge is 0.172 e. The fourth-order valence-electron chi connectivity index (χ4n) is 2.38. The monoisotopic (exact) mass is 233 g/mol. The molecule has 4 nitrogen and oxygen atoms in total. The SMILES string of the molecule is Cc1ccnc(N)c1C(=O)C1(C)CCNCC1. The third-order valence-electron chi connectivity index (χ3n) is 3.67. The fourth-order valence-corrected chi connectivity index (χ4v) is 2.38. The summed E-state index contributed by atoms with van der Waals surface area (Å²) in [5.41, 5.74) is 7.07. The van der Waals surface area contributed by atoms with E-state index in [2.05, 4.69) is 10.3 Å². The zero-order chi connectivity index (χ0) is 12.5. The first-order chi connectivity index (χ1) is 8.04. The van der Waals surface area contributed by atoms with Gasteiger partial charge in [0.1, 0.15) is 5.82 Å². The van der Waals surface area contributed by atoms with Crippen LogP contribution in [-0.2, 0) is 0 Å². The molecule has 0 radical (unpaired) electrons. The van der Waals surface area contributed by atoms with Crippen molar-refractivity contribution >= 4 is 11.6 Å². The summed E-state index contributed by atoms with van der Waals surface area (Å²) in [6.45, 7) is 5.72. The minimum atomic E-state index is -0.298. The molecule has 0 unspecified atom stereocenters. The van der Waals surface area contributed by atoms with Crippen molar-refractivity contribution in [2.75, 3.05) is 18.8 Å². The van der Waals surface area contributed by atoms with Crippen molar-refractivity contribution in [3.63, 3.8) is 0 Å². The van der Waals surface area contributed by atoms with Crippen molar-refractivity contribution in [2.24, 2.45) is 5.41 Å². The van der Waals surface area contributed by atoms with Crippen LogP contribution in [0.5, 0.6) is 0 Å². The summed E-state index contributed by atoms with van der Waals surface area (Å²) < 4.78 is 0. The standard InChI is InChI=1S/C13H19N3O/c1-9-3-6-16-12(14)10(9)11(17)13(2)4-7-15-8-5-13/h3,6,15H,4-5,7-8H2,1-2H3,(H2,14,16). The number of nitrogen functional groups attached to an aromatic ring is 1. The van der Waals surface area contributed by atoms with E-state index in [0.29, 0.717) is 11.4 Å². The summed E-state index contributed by atoms with van der Waals surface area (Å²) in [4.78, 5) is 16.6. The molecule has 1 fully saturated rings. The lowest BCUT2D eigenvalue weighted by Gasteiger charge is -2.33. The van der Waals surface area contributed by atoms with E-state index in [-0.39, 0.29) is 11.2 Å². The second-order valence-electron chi connectivity index (χ2n) is 5.03. The summed E-state index contributed by atoms with van der Waals surface area (Å²) in [6.07, 6.45) is 3.37. The van der Waals surface area contributed by atoms with Crippen LogP contribution >= 0.6 is 0 Å². The molecule has 92 valence electrons. The number of ketones is 1. The van der Waals surface area contributed by atoms with Crippen LogP contribution < -0.4 is 11.1 Å². The average molecular weight is 233 g/mol. The molecule has 4 heteroatoms. The summed E-state index contributed by atoms with van der Waals surface area (Å²) in [5, 5.41) is 3.28. The molecule has 0 saturated carbocycles. The van der Waals surface area contributed by atoms with Crippen molar-refractivity contribution < 1.29 is 4.79 Å². The first-order valence-corrected chi connectivity index (χ1v) is 6.01. The molecular formula is C13H19N3O. The molecule has 3 N–H and O–H groups in total. The summed E-state index contributed by atoms with van der Waals surface area (Å²) in [6, 6.07) is 1.84. The van der Waals surface area contributed by atoms with E-state index in [1.54, 1.807) is 6.20 Å². The number of hydrogen-bond donors (Lipinski definition) is 2.